The molecule has 2 heterocycles. The zero-order valence-electron chi connectivity index (χ0n) is 15.3. The first-order valence-electron chi connectivity index (χ1n) is 9.59. The van der Waals surface area contributed by atoms with E-state index in [1.165, 1.54) is 24.0 Å². The fourth-order valence-electron chi connectivity index (χ4n) is 3.87. The second kappa shape index (κ2) is 7.68. The first-order chi connectivity index (χ1) is 12.7. The number of nitrogens with zero attached hydrogens (tertiary/aromatic N) is 3. The van der Waals surface area contributed by atoms with Crippen LogP contribution in [0.15, 0.2) is 22.7 Å². The average Bonchev–Trinajstić information content (AvgIpc) is 3.15. The van der Waals surface area contributed by atoms with Crippen molar-refractivity contribution in [2.45, 2.75) is 44.6 Å². The van der Waals surface area contributed by atoms with E-state index >= 15 is 0 Å². The number of hydrogen-bond donors (Lipinski definition) is 1. The van der Waals surface area contributed by atoms with Gasteiger partial charge in [0.05, 0.1) is 6.04 Å². The van der Waals surface area contributed by atoms with Crippen molar-refractivity contribution in [2.75, 3.05) is 26.7 Å². The Morgan fingerprint density at radius 1 is 1.31 bits per heavy atom. The number of rotatable bonds is 5. The molecule has 1 aliphatic carbocycles. The van der Waals surface area contributed by atoms with Crippen LogP contribution in [0.3, 0.4) is 0 Å². The number of ketones is 1. The summed E-state index contributed by atoms with van der Waals surface area (Å²) in [5.74, 6) is 1.40. The standard InChI is InChI=1S/C20H26N4O2/c1-24-11-10-21-13-17(24)20-22-19(26-23-20)9-8-18(25)16-7-6-14-4-2-3-5-15(14)12-16/h6-7,12,17,21H,2-5,8-11,13H2,1H3. The molecule has 2 aromatic rings. The minimum Gasteiger partial charge on any atom is -0.339 e. The van der Waals surface area contributed by atoms with Crippen molar-refractivity contribution in [3.8, 4) is 0 Å². The summed E-state index contributed by atoms with van der Waals surface area (Å²) < 4.78 is 5.38. The molecule has 6 nitrogen and oxygen atoms in total. The Kier molecular flexibility index (Phi) is 5.13. The van der Waals surface area contributed by atoms with Gasteiger partial charge in [-0.3, -0.25) is 9.69 Å². The molecule has 26 heavy (non-hydrogen) atoms. The van der Waals surface area contributed by atoms with Crippen molar-refractivity contribution in [2.24, 2.45) is 0 Å². The maximum atomic E-state index is 12.6. The zero-order valence-corrected chi connectivity index (χ0v) is 15.3. The molecule has 1 aliphatic heterocycles. The van der Waals surface area contributed by atoms with Gasteiger partial charge in [-0.15, -0.1) is 0 Å². The molecule has 6 heteroatoms. The molecule has 2 aliphatic rings. The van der Waals surface area contributed by atoms with Crippen molar-refractivity contribution in [1.29, 1.82) is 0 Å². The molecule has 0 saturated carbocycles. The Labute approximate surface area is 154 Å². The summed E-state index contributed by atoms with van der Waals surface area (Å²) in [7, 11) is 2.07. The summed E-state index contributed by atoms with van der Waals surface area (Å²) in [4.78, 5) is 19.3. The topological polar surface area (TPSA) is 71.3 Å². The summed E-state index contributed by atoms with van der Waals surface area (Å²) in [6, 6.07) is 6.31. The van der Waals surface area contributed by atoms with Crippen LogP contribution < -0.4 is 5.32 Å². The Bertz CT molecular complexity index is 786. The van der Waals surface area contributed by atoms with Crippen molar-refractivity contribution >= 4 is 5.78 Å². The molecule has 1 unspecified atom stereocenters. The average molecular weight is 354 g/mol. The summed E-state index contributed by atoms with van der Waals surface area (Å²) in [5, 5.41) is 7.47. The van der Waals surface area contributed by atoms with Gasteiger partial charge in [-0.25, -0.2) is 0 Å². The first kappa shape index (κ1) is 17.4. The normalized spacial score (nSPS) is 20.7. The lowest BCUT2D eigenvalue weighted by Gasteiger charge is -2.30. The van der Waals surface area contributed by atoms with E-state index < -0.39 is 0 Å². The largest absolute Gasteiger partial charge is 0.339 e. The van der Waals surface area contributed by atoms with Gasteiger partial charge >= 0.3 is 0 Å². The third-order valence-corrected chi connectivity index (χ3v) is 5.53. The summed E-state index contributed by atoms with van der Waals surface area (Å²) in [6.45, 7) is 2.77. The second-order valence-electron chi connectivity index (χ2n) is 7.36. The lowest BCUT2D eigenvalue weighted by Crippen LogP contribution is -2.44. The van der Waals surface area contributed by atoms with Gasteiger partial charge in [-0.1, -0.05) is 17.3 Å². The van der Waals surface area contributed by atoms with E-state index in [4.69, 9.17) is 4.52 Å². The van der Waals surface area contributed by atoms with Crippen LogP contribution in [0.2, 0.25) is 0 Å². The highest BCUT2D eigenvalue weighted by Gasteiger charge is 2.25. The number of Topliss-reactive ketones (excluding diaryl/α,β-unsaturated/α-hetero) is 1. The SMILES string of the molecule is CN1CCNCC1c1noc(CCC(=O)c2ccc3c(c2)CCCC3)n1. The zero-order chi connectivity index (χ0) is 17.9. The monoisotopic (exact) mass is 354 g/mol. The van der Waals surface area contributed by atoms with Gasteiger partial charge < -0.3 is 9.84 Å². The van der Waals surface area contributed by atoms with Crippen molar-refractivity contribution in [3.63, 3.8) is 0 Å². The van der Waals surface area contributed by atoms with Crippen LogP contribution in [-0.4, -0.2) is 47.5 Å². The Balaban J connectivity index is 1.37. The molecule has 0 radical (unpaired) electrons. The molecular formula is C20H26N4O2. The molecule has 138 valence electrons. The number of fused-ring (bicyclic) bond motifs is 1. The number of aryl methyl sites for hydroxylation is 3. The van der Waals surface area contributed by atoms with Crippen molar-refractivity contribution in [3.05, 3.63) is 46.6 Å². The number of benzene rings is 1. The fraction of sp³-hybridized carbons (Fsp3) is 0.550. The third-order valence-electron chi connectivity index (χ3n) is 5.53. The molecule has 1 atom stereocenters. The minimum absolute atomic E-state index is 0.137. The number of aromatic nitrogens is 2. The van der Waals surface area contributed by atoms with Crippen LogP contribution in [0.4, 0.5) is 0 Å². The lowest BCUT2D eigenvalue weighted by molar-refractivity contribution is 0.0979. The van der Waals surface area contributed by atoms with Gasteiger partial charge in [-0.05, 0) is 49.9 Å². The molecule has 0 spiro atoms. The van der Waals surface area contributed by atoms with Gasteiger partial charge in [0, 0.05) is 38.0 Å². The van der Waals surface area contributed by atoms with Crippen LogP contribution in [0.25, 0.3) is 0 Å². The van der Waals surface area contributed by atoms with E-state index in [1.54, 1.807) is 0 Å². The number of carbonyl (C=O) groups excluding carboxylic acids is 1. The molecule has 1 aromatic heterocycles. The van der Waals surface area contributed by atoms with Crippen LogP contribution in [0.5, 0.6) is 0 Å². The van der Waals surface area contributed by atoms with E-state index in [0.29, 0.717) is 24.6 Å². The van der Waals surface area contributed by atoms with Gasteiger partial charge in [0.2, 0.25) is 5.89 Å². The van der Waals surface area contributed by atoms with Gasteiger partial charge in [-0.2, -0.15) is 4.98 Å². The molecule has 1 aromatic carbocycles. The number of nitrogens with one attached hydrogen (secondary N) is 1. The predicted molar refractivity (Wildman–Crippen MR) is 98.3 cm³/mol. The Hall–Kier alpha value is -2.05. The highest BCUT2D eigenvalue weighted by atomic mass is 16.5. The molecule has 0 bridgehead atoms. The quantitative estimate of drug-likeness (QED) is 0.831. The van der Waals surface area contributed by atoms with Gasteiger partial charge in [0.1, 0.15) is 0 Å². The molecule has 0 amide bonds. The lowest BCUT2D eigenvalue weighted by atomic mass is 9.89. The Morgan fingerprint density at radius 2 is 2.15 bits per heavy atom. The number of carbonyl (C=O) groups is 1. The molecule has 4 rings (SSSR count). The van der Waals surface area contributed by atoms with Gasteiger partial charge in [0.25, 0.3) is 0 Å². The smallest absolute Gasteiger partial charge is 0.227 e. The van der Waals surface area contributed by atoms with Crippen LogP contribution in [-0.2, 0) is 19.3 Å². The highest BCUT2D eigenvalue weighted by molar-refractivity contribution is 5.96. The Morgan fingerprint density at radius 3 is 3.00 bits per heavy atom. The van der Waals surface area contributed by atoms with E-state index in [9.17, 15) is 4.79 Å². The van der Waals surface area contributed by atoms with Crippen molar-refractivity contribution in [1.82, 2.24) is 20.4 Å². The number of piperazine rings is 1. The van der Waals surface area contributed by atoms with Crippen LogP contribution in [0, 0.1) is 0 Å². The number of hydrogen-bond acceptors (Lipinski definition) is 6. The maximum absolute atomic E-state index is 12.6. The molecule has 1 saturated heterocycles. The summed E-state index contributed by atoms with van der Waals surface area (Å²) >= 11 is 0. The summed E-state index contributed by atoms with van der Waals surface area (Å²) in [6.07, 6.45) is 5.60. The third kappa shape index (κ3) is 3.71. The summed E-state index contributed by atoms with van der Waals surface area (Å²) in [5.41, 5.74) is 3.55. The molecule has 1 N–H and O–H groups in total. The minimum atomic E-state index is 0.137. The number of likely N-dealkylation sites (N-methyl/N-ethyl adjacent to an activating group) is 1. The van der Waals surface area contributed by atoms with E-state index in [0.717, 1.165) is 38.0 Å². The highest BCUT2D eigenvalue weighted by Crippen LogP contribution is 2.23. The van der Waals surface area contributed by atoms with E-state index in [1.807, 2.05) is 6.07 Å². The predicted octanol–water partition coefficient (Wildman–Crippen LogP) is 2.34. The fourth-order valence-corrected chi connectivity index (χ4v) is 3.87. The molecule has 1 fully saturated rings. The van der Waals surface area contributed by atoms with E-state index in [-0.39, 0.29) is 11.8 Å². The second-order valence-corrected chi connectivity index (χ2v) is 7.36. The van der Waals surface area contributed by atoms with Gasteiger partial charge in [0.15, 0.2) is 11.6 Å². The van der Waals surface area contributed by atoms with Crippen LogP contribution >= 0.6 is 0 Å². The van der Waals surface area contributed by atoms with Crippen molar-refractivity contribution < 1.29 is 9.32 Å². The van der Waals surface area contributed by atoms with Crippen LogP contribution in [0.1, 0.15) is 58.5 Å². The van der Waals surface area contributed by atoms with E-state index in [2.05, 4.69) is 39.5 Å². The first-order valence-corrected chi connectivity index (χ1v) is 9.59. The maximum Gasteiger partial charge on any atom is 0.227 e. The molecular weight excluding hydrogens is 328 g/mol.